The monoisotopic (exact) mass is 359 g/mol. The van der Waals surface area contributed by atoms with Crippen LogP contribution in [0.25, 0.3) is 0 Å². The SMILES string of the molecule is CCSc1nc2c(c(=O)[nH]1)C(c1ccccc1OC(C)C)CC(=O)N2. The summed E-state index contributed by atoms with van der Waals surface area (Å²) in [7, 11) is 0. The van der Waals surface area contributed by atoms with E-state index in [9.17, 15) is 9.59 Å². The number of anilines is 1. The Labute approximate surface area is 150 Å². The van der Waals surface area contributed by atoms with Gasteiger partial charge in [-0.2, -0.15) is 0 Å². The van der Waals surface area contributed by atoms with Crippen LogP contribution in [-0.2, 0) is 4.79 Å². The molecule has 6 nitrogen and oxygen atoms in total. The number of aromatic nitrogens is 2. The summed E-state index contributed by atoms with van der Waals surface area (Å²) in [6, 6.07) is 7.54. The van der Waals surface area contributed by atoms with Crippen molar-refractivity contribution in [3.63, 3.8) is 0 Å². The molecular weight excluding hydrogens is 338 g/mol. The lowest BCUT2D eigenvalue weighted by atomic mass is 9.86. The van der Waals surface area contributed by atoms with E-state index in [1.807, 2.05) is 45.0 Å². The number of benzene rings is 1. The number of thioether (sulfide) groups is 1. The summed E-state index contributed by atoms with van der Waals surface area (Å²) < 4.78 is 5.88. The molecule has 0 saturated heterocycles. The second-order valence-corrected chi connectivity index (χ2v) is 7.33. The number of amides is 1. The van der Waals surface area contributed by atoms with Crippen LogP contribution in [0.15, 0.2) is 34.2 Å². The Kier molecular flexibility index (Phi) is 5.13. The second-order valence-electron chi connectivity index (χ2n) is 6.08. The van der Waals surface area contributed by atoms with Crippen molar-refractivity contribution in [1.29, 1.82) is 0 Å². The first-order valence-corrected chi connectivity index (χ1v) is 9.30. The fourth-order valence-electron chi connectivity index (χ4n) is 2.95. The highest BCUT2D eigenvalue weighted by Crippen LogP contribution is 2.38. The van der Waals surface area contributed by atoms with E-state index in [1.165, 1.54) is 11.8 Å². The molecule has 25 heavy (non-hydrogen) atoms. The number of ether oxygens (including phenoxy) is 1. The Hall–Kier alpha value is -2.28. The maximum atomic E-state index is 12.7. The van der Waals surface area contributed by atoms with Gasteiger partial charge in [-0.05, 0) is 25.7 Å². The number of aromatic amines is 1. The van der Waals surface area contributed by atoms with Crippen LogP contribution in [0.5, 0.6) is 5.75 Å². The summed E-state index contributed by atoms with van der Waals surface area (Å²) in [5.74, 6) is 1.29. The molecule has 132 valence electrons. The first-order valence-electron chi connectivity index (χ1n) is 8.32. The van der Waals surface area contributed by atoms with Gasteiger partial charge in [0, 0.05) is 17.9 Å². The van der Waals surface area contributed by atoms with Gasteiger partial charge in [-0.15, -0.1) is 0 Å². The minimum absolute atomic E-state index is 0.00206. The minimum Gasteiger partial charge on any atom is -0.491 e. The molecule has 0 aliphatic carbocycles. The summed E-state index contributed by atoms with van der Waals surface area (Å²) in [6.07, 6.45) is 0.189. The van der Waals surface area contributed by atoms with Crippen molar-refractivity contribution >= 4 is 23.5 Å². The zero-order valence-electron chi connectivity index (χ0n) is 14.5. The van der Waals surface area contributed by atoms with Crippen LogP contribution in [0.4, 0.5) is 5.82 Å². The first-order chi connectivity index (χ1) is 12.0. The zero-order valence-corrected chi connectivity index (χ0v) is 15.3. The van der Waals surface area contributed by atoms with Gasteiger partial charge in [-0.1, -0.05) is 36.9 Å². The molecule has 1 atom stereocenters. The van der Waals surface area contributed by atoms with Crippen molar-refractivity contribution < 1.29 is 9.53 Å². The van der Waals surface area contributed by atoms with Crippen molar-refractivity contribution in [2.24, 2.45) is 0 Å². The van der Waals surface area contributed by atoms with Crippen LogP contribution in [0.3, 0.4) is 0 Å². The topological polar surface area (TPSA) is 84.1 Å². The average molecular weight is 359 g/mol. The van der Waals surface area contributed by atoms with Gasteiger partial charge >= 0.3 is 0 Å². The molecule has 1 aliphatic heterocycles. The smallest absolute Gasteiger partial charge is 0.257 e. The number of nitrogens with zero attached hydrogens (tertiary/aromatic N) is 1. The first kappa shape index (κ1) is 17.5. The van der Waals surface area contributed by atoms with E-state index < -0.39 is 0 Å². The molecule has 1 aliphatic rings. The van der Waals surface area contributed by atoms with E-state index in [4.69, 9.17) is 4.74 Å². The molecule has 0 spiro atoms. The summed E-state index contributed by atoms with van der Waals surface area (Å²) in [5.41, 5.74) is 1.10. The number of H-pyrrole nitrogens is 1. The Balaban J connectivity index is 2.12. The van der Waals surface area contributed by atoms with Crippen molar-refractivity contribution in [2.75, 3.05) is 11.1 Å². The Morgan fingerprint density at radius 3 is 2.80 bits per heavy atom. The van der Waals surface area contributed by atoms with Crippen LogP contribution in [0.2, 0.25) is 0 Å². The van der Waals surface area contributed by atoms with Gasteiger partial charge in [0.25, 0.3) is 5.56 Å². The predicted molar refractivity (Wildman–Crippen MR) is 98.6 cm³/mol. The Morgan fingerprint density at radius 2 is 2.08 bits per heavy atom. The molecule has 2 aromatic rings. The fourth-order valence-corrected chi connectivity index (χ4v) is 3.55. The third-order valence-electron chi connectivity index (χ3n) is 3.87. The molecule has 0 bridgehead atoms. The number of carbonyl (C=O) groups is 1. The van der Waals surface area contributed by atoms with E-state index in [2.05, 4.69) is 15.3 Å². The van der Waals surface area contributed by atoms with E-state index in [0.717, 1.165) is 11.3 Å². The molecular formula is C18H21N3O3S. The van der Waals surface area contributed by atoms with Crippen molar-refractivity contribution in [3.8, 4) is 5.75 Å². The number of hydrogen-bond donors (Lipinski definition) is 2. The van der Waals surface area contributed by atoms with Crippen molar-refractivity contribution in [3.05, 3.63) is 45.7 Å². The van der Waals surface area contributed by atoms with E-state index in [0.29, 0.717) is 22.3 Å². The molecule has 3 rings (SSSR count). The minimum atomic E-state index is -0.379. The highest BCUT2D eigenvalue weighted by atomic mass is 32.2. The molecule has 0 radical (unpaired) electrons. The highest BCUT2D eigenvalue weighted by Gasteiger charge is 2.32. The van der Waals surface area contributed by atoms with Gasteiger partial charge in [0.1, 0.15) is 11.6 Å². The maximum absolute atomic E-state index is 12.7. The molecule has 7 heteroatoms. The summed E-state index contributed by atoms with van der Waals surface area (Å²) in [5, 5.41) is 3.25. The molecule has 1 aromatic carbocycles. The van der Waals surface area contributed by atoms with Crippen LogP contribution in [0, 0.1) is 0 Å². The number of hydrogen-bond acceptors (Lipinski definition) is 5. The number of para-hydroxylation sites is 1. The number of carbonyl (C=O) groups excluding carboxylic acids is 1. The molecule has 2 N–H and O–H groups in total. The molecule has 2 heterocycles. The zero-order chi connectivity index (χ0) is 18.0. The van der Waals surface area contributed by atoms with Crippen molar-refractivity contribution in [2.45, 2.75) is 44.4 Å². The number of nitrogens with one attached hydrogen (secondary N) is 2. The molecule has 0 saturated carbocycles. The predicted octanol–water partition coefficient (Wildman–Crippen LogP) is 3.14. The van der Waals surface area contributed by atoms with Gasteiger partial charge in [-0.25, -0.2) is 4.98 Å². The molecule has 1 unspecified atom stereocenters. The molecule has 1 aromatic heterocycles. The van der Waals surface area contributed by atoms with Gasteiger partial charge in [0.2, 0.25) is 5.91 Å². The quantitative estimate of drug-likeness (QED) is 0.633. The molecule has 0 fully saturated rings. The summed E-state index contributed by atoms with van der Waals surface area (Å²) in [6.45, 7) is 5.87. The summed E-state index contributed by atoms with van der Waals surface area (Å²) in [4.78, 5) is 32.1. The largest absolute Gasteiger partial charge is 0.491 e. The van der Waals surface area contributed by atoms with Crippen LogP contribution in [0.1, 0.15) is 44.2 Å². The maximum Gasteiger partial charge on any atom is 0.257 e. The summed E-state index contributed by atoms with van der Waals surface area (Å²) >= 11 is 1.43. The Bertz CT molecular complexity index is 848. The third kappa shape index (κ3) is 3.71. The average Bonchev–Trinajstić information content (AvgIpc) is 2.54. The van der Waals surface area contributed by atoms with Gasteiger partial charge in [0.05, 0.1) is 11.7 Å². The number of fused-ring (bicyclic) bond motifs is 1. The van der Waals surface area contributed by atoms with Crippen molar-refractivity contribution in [1.82, 2.24) is 9.97 Å². The fraction of sp³-hybridized carbons (Fsp3) is 0.389. The highest BCUT2D eigenvalue weighted by molar-refractivity contribution is 7.99. The Morgan fingerprint density at radius 1 is 1.32 bits per heavy atom. The van der Waals surface area contributed by atoms with Gasteiger partial charge in [-0.3, -0.25) is 9.59 Å². The van der Waals surface area contributed by atoms with Crippen LogP contribution >= 0.6 is 11.8 Å². The van der Waals surface area contributed by atoms with Crippen LogP contribution < -0.4 is 15.6 Å². The lowest BCUT2D eigenvalue weighted by molar-refractivity contribution is -0.116. The standard InChI is InChI=1S/C18H21N3O3S/c1-4-25-18-20-16-15(17(23)21-18)12(9-14(22)19-16)11-7-5-6-8-13(11)24-10(2)3/h5-8,10,12H,4,9H2,1-3H3,(H2,19,20,21,22,23). The normalized spacial score (nSPS) is 16.5. The lowest BCUT2D eigenvalue weighted by Gasteiger charge is -2.26. The number of rotatable bonds is 5. The van der Waals surface area contributed by atoms with E-state index >= 15 is 0 Å². The van der Waals surface area contributed by atoms with Gasteiger partial charge in [0.15, 0.2) is 5.16 Å². The third-order valence-corrected chi connectivity index (χ3v) is 4.62. The van der Waals surface area contributed by atoms with Crippen LogP contribution in [-0.4, -0.2) is 27.7 Å². The molecule has 1 amide bonds. The van der Waals surface area contributed by atoms with E-state index in [1.54, 1.807) is 0 Å². The second kappa shape index (κ2) is 7.31. The van der Waals surface area contributed by atoms with E-state index in [-0.39, 0.29) is 29.9 Å². The van der Waals surface area contributed by atoms with Gasteiger partial charge < -0.3 is 15.0 Å². The lowest BCUT2D eigenvalue weighted by Crippen LogP contribution is -2.31.